The summed E-state index contributed by atoms with van der Waals surface area (Å²) in [6, 6.07) is 8.66. The summed E-state index contributed by atoms with van der Waals surface area (Å²) >= 11 is 1.48. The lowest BCUT2D eigenvalue weighted by Gasteiger charge is -2.01. The average molecular weight is 260 g/mol. The monoisotopic (exact) mass is 260 g/mol. The minimum atomic E-state index is -0.269. The van der Waals surface area contributed by atoms with Crippen LogP contribution in [-0.2, 0) is 0 Å². The maximum absolute atomic E-state index is 13.2. The fourth-order valence-corrected chi connectivity index (χ4v) is 3.00. The molecule has 0 aliphatic carbocycles. The van der Waals surface area contributed by atoms with Gasteiger partial charge in [0.25, 0.3) is 0 Å². The molecule has 92 valence electrons. The Kier molecular flexibility index (Phi) is 3.73. The largest absolute Gasteiger partial charge is 0.241 e. The van der Waals surface area contributed by atoms with Crippen LogP contribution in [0.25, 0.3) is 10.6 Å². The molecule has 0 bridgehead atoms. The topological polar surface area (TPSA) is 36.7 Å². The Morgan fingerprint density at radius 1 is 1.50 bits per heavy atom. The highest BCUT2D eigenvalue weighted by molar-refractivity contribution is 7.15. The van der Waals surface area contributed by atoms with E-state index in [1.165, 1.54) is 23.5 Å². The molecule has 2 rings (SSSR count). The molecule has 0 saturated carbocycles. The van der Waals surface area contributed by atoms with Crippen molar-refractivity contribution in [2.75, 3.05) is 0 Å². The number of hydrogen-bond acceptors (Lipinski definition) is 3. The van der Waals surface area contributed by atoms with Crippen molar-refractivity contribution < 1.29 is 4.39 Å². The van der Waals surface area contributed by atoms with Gasteiger partial charge in [0.05, 0.1) is 17.7 Å². The second-order valence-electron chi connectivity index (χ2n) is 4.07. The van der Waals surface area contributed by atoms with Crippen LogP contribution in [0.5, 0.6) is 0 Å². The molecule has 0 radical (unpaired) electrons. The molecule has 1 unspecified atom stereocenters. The lowest BCUT2D eigenvalue weighted by molar-refractivity contribution is 0.628. The number of aryl methyl sites for hydroxylation is 1. The first-order valence-electron chi connectivity index (χ1n) is 5.78. The lowest BCUT2D eigenvalue weighted by atomic mass is 10.1. The zero-order valence-corrected chi connectivity index (χ0v) is 11.1. The Bertz CT molecular complexity index is 598. The van der Waals surface area contributed by atoms with E-state index in [1.807, 2.05) is 19.9 Å². The van der Waals surface area contributed by atoms with Gasteiger partial charge in [0.1, 0.15) is 10.8 Å². The highest BCUT2D eigenvalue weighted by Crippen LogP contribution is 2.33. The van der Waals surface area contributed by atoms with Crippen LogP contribution in [0, 0.1) is 24.1 Å². The minimum Gasteiger partial charge on any atom is -0.241 e. The van der Waals surface area contributed by atoms with Crippen molar-refractivity contribution in [3.05, 3.63) is 40.7 Å². The molecular weight excluding hydrogens is 247 g/mol. The highest BCUT2D eigenvalue weighted by Gasteiger charge is 2.17. The molecule has 4 heteroatoms. The van der Waals surface area contributed by atoms with Crippen LogP contribution in [0.15, 0.2) is 24.3 Å². The number of thiazole rings is 1. The van der Waals surface area contributed by atoms with E-state index >= 15 is 0 Å². The quantitative estimate of drug-likeness (QED) is 0.826. The van der Waals surface area contributed by atoms with Crippen molar-refractivity contribution in [3.63, 3.8) is 0 Å². The second kappa shape index (κ2) is 5.28. The molecule has 1 heterocycles. The molecule has 2 aromatic rings. The van der Waals surface area contributed by atoms with Crippen LogP contribution in [0.2, 0.25) is 0 Å². The first-order chi connectivity index (χ1) is 8.65. The maximum Gasteiger partial charge on any atom is 0.124 e. The van der Waals surface area contributed by atoms with Gasteiger partial charge in [-0.25, -0.2) is 9.37 Å². The highest BCUT2D eigenvalue weighted by atomic mass is 32.1. The van der Waals surface area contributed by atoms with Crippen molar-refractivity contribution in [2.24, 2.45) is 0 Å². The third kappa shape index (κ3) is 2.41. The Morgan fingerprint density at radius 2 is 2.28 bits per heavy atom. The number of nitriles is 1. The fourth-order valence-electron chi connectivity index (χ4n) is 1.81. The van der Waals surface area contributed by atoms with Crippen LogP contribution < -0.4 is 0 Å². The van der Waals surface area contributed by atoms with Crippen molar-refractivity contribution in [3.8, 4) is 16.6 Å². The van der Waals surface area contributed by atoms with E-state index in [4.69, 9.17) is 5.26 Å². The number of aromatic nitrogens is 1. The molecule has 0 aliphatic heterocycles. The first-order valence-corrected chi connectivity index (χ1v) is 6.60. The summed E-state index contributed by atoms with van der Waals surface area (Å²) in [7, 11) is 0. The molecular formula is C14H13FN2S. The SMILES string of the molecule is CCC(C#N)c1sc(-c2cccc(F)c2)nc1C. The summed E-state index contributed by atoms with van der Waals surface area (Å²) in [6.07, 6.45) is 0.766. The second-order valence-corrected chi connectivity index (χ2v) is 5.10. The number of nitrogens with zero attached hydrogens (tertiary/aromatic N) is 2. The predicted molar refractivity (Wildman–Crippen MR) is 70.9 cm³/mol. The van der Waals surface area contributed by atoms with E-state index in [2.05, 4.69) is 11.1 Å². The molecule has 1 atom stereocenters. The molecule has 1 aromatic carbocycles. The molecule has 0 N–H and O–H groups in total. The van der Waals surface area contributed by atoms with E-state index < -0.39 is 0 Å². The lowest BCUT2D eigenvalue weighted by Crippen LogP contribution is -1.92. The molecule has 2 nitrogen and oxygen atoms in total. The molecule has 0 aliphatic rings. The Hall–Kier alpha value is -1.73. The van der Waals surface area contributed by atoms with Crippen molar-refractivity contribution in [1.82, 2.24) is 4.98 Å². The third-order valence-electron chi connectivity index (χ3n) is 2.78. The van der Waals surface area contributed by atoms with Gasteiger partial charge in [-0.15, -0.1) is 11.3 Å². The van der Waals surface area contributed by atoms with Crippen molar-refractivity contribution >= 4 is 11.3 Å². The standard InChI is InChI=1S/C14H13FN2S/c1-3-10(8-16)13-9(2)17-14(18-13)11-5-4-6-12(15)7-11/h4-7,10H,3H2,1-2H3. The zero-order chi connectivity index (χ0) is 13.1. The number of hydrogen-bond donors (Lipinski definition) is 0. The van der Waals surface area contributed by atoms with Crippen LogP contribution in [0.4, 0.5) is 4.39 Å². The van der Waals surface area contributed by atoms with Crippen LogP contribution >= 0.6 is 11.3 Å². The molecule has 0 saturated heterocycles. The van der Waals surface area contributed by atoms with Crippen LogP contribution in [0.1, 0.15) is 29.8 Å². The van der Waals surface area contributed by atoms with Gasteiger partial charge in [0.15, 0.2) is 0 Å². The van der Waals surface area contributed by atoms with E-state index in [0.29, 0.717) is 0 Å². The predicted octanol–water partition coefficient (Wildman–Crippen LogP) is 4.27. The summed E-state index contributed by atoms with van der Waals surface area (Å²) in [5, 5.41) is 9.87. The average Bonchev–Trinajstić information content (AvgIpc) is 2.74. The molecule has 0 spiro atoms. The van der Waals surface area contributed by atoms with Gasteiger partial charge in [-0.05, 0) is 25.5 Å². The smallest absolute Gasteiger partial charge is 0.124 e. The normalized spacial score (nSPS) is 12.1. The number of benzene rings is 1. The van der Waals surface area contributed by atoms with Crippen molar-refractivity contribution in [2.45, 2.75) is 26.2 Å². The van der Waals surface area contributed by atoms with Gasteiger partial charge in [0.2, 0.25) is 0 Å². The van der Waals surface area contributed by atoms with Crippen LogP contribution in [-0.4, -0.2) is 4.98 Å². The summed E-state index contributed by atoms with van der Waals surface area (Å²) in [5.41, 5.74) is 1.63. The maximum atomic E-state index is 13.2. The van der Waals surface area contributed by atoms with Gasteiger partial charge in [0, 0.05) is 10.4 Å². The zero-order valence-electron chi connectivity index (χ0n) is 10.3. The Labute approximate surface area is 110 Å². The van der Waals surface area contributed by atoms with E-state index in [-0.39, 0.29) is 11.7 Å². The van der Waals surface area contributed by atoms with Crippen LogP contribution in [0.3, 0.4) is 0 Å². The number of rotatable bonds is 3. The molecule has 1 aromatic heterocycles. The Balaban J connectivity index is 2.43. The molecule has 0 fully saturated rings. The van der Waals surface area contributed by atoms with E-state index in [0.717, 1.165) is 27.6 Å². The van der Waals surface area contributed by atoms with Gasteiger partial charge < -0.3 is 0 Å². The van der Waals surface area contributed by atoms with Gasteiger partial charge in [-0.2, -0.15) is 5.26 Å². The summed E-state index contributed by atoms with van der Waals surface area (Å²) in [6.45, 7) is 3.88. The van der Waals surface area contributed by atoms with Gasteiger partial charge in [-0.3, -0.25) is 0 Å². The van der Waals surface area contributed by atoms with E-state index in [9.17, 15) is 4.39 Å². The number of halogens is 1. The molecule has 0 amide bonds. The van der Waals surface area contributed by atoms with Crippen molar-refractivity contribution in [1.29, 1.82) is 5.26 Å². The van der Waals surface area contributed by atoms with Gasteiger partial charge in [-0.1, -0.05) is 19.1 Å². The van der Waals surface area contributed by atoms with E-state index in [1.54, 1.807) is 6.07 Å². The Morgan fingerprint density at radius 3 is 2.89 bits per heavy atom. The summed E-state index contributed by atoms with van der Waals surface area (Å²) < 4.78 is 13.2. The third-order valence-corrected chi connectivity index (χ3v) is 4.10. The summed E-state index contributed by atoms with van der Waals surface area (Å²) in [4.78, 5) is 5.42. The minimum absolute atomic E-state index is 0.121. The van der Waals surface area contributed by atoms with Gasteiger partial charge >= 0.3 is 0 Å². The first kappa shape index (κ1) is 12.7. The summed E-state index contributed by atoms with van der Waals surface area (Å²) in [5.74, 6) is -0.390. The molecule has 18 heavy (non-hydrogen) atoms. The fraction of sp³-hybridized carbons (Fsp3) is 0.286.